The first-order valence-electron chi connectivity index (χ1n) is 44.1. The number of benzene rings is 21. The Kier molecular flexibility index (Phi) is 25.2. The van der Waals surface area contributed by atoms with Gasteiger partial charge in [0, 0.05) is 102 Å². The van der Waals surface area contributed by atoms with Gasteiger partial charge in [0.2, 0.25) is 0 Å². The van der Waals surface area contributed by atoms with Crippen molar-refractivity contribution < 1.29 is 17.6 Å². The summed E-state index contributed by atoms with van der Waals surface area (Å²) in [5.74, 6) is -8.04. The van der Waals surface area contributed by atoms with Crippen LogP contribution in [0, 0.1) is 59.1 Å². The molecule has 10 nitrogen and oxygen atoms in total. The second kappa shape index (κ2) is 39.6. The van der Waals surface area contributed by atoms with Crippen LogP contribution in [0.3, 0.4) is 0 Å². The van der Waals surface area contributed by atoms with Crippen molar-refractivity contribution in [2.24, 2.45) is 0 Å². The van der Waals surface area contributed by atoms with Gasteiger partial charge in [-0.3, -0.25) is 0 Å². The van der Waals surface area contributed by atoms with E-state index in [0.29, 0.717) is 0 Å². The van der Waals surface area contributed by atoms with Crippen LogP contribution in [0.15, 0.2) is 485 Å². The molecular weight excluding hydrogens is 1680 g/mol. The number of halogens is 4. The lowest BCUT2D eigenvalue weighted by molar-refractivity contribution is 0.434. The topological polar surface area (TPSA) is 75.7 Å². The van der Waals surface area contributed by atoms with Crippen LogP contribution in [0.25, 0.3) is 86.1 Å². The first kappa shape index (κ1) is 86.5. The van der Waals surface area contributed by atoms with E-state index in [2.05, 4.69) is 524 Å². The number of nitrogens with zero attached hydrogens (tertiary/aromatic N) is 10. The Morgan fingerprint density at radius 1 is 0.191 bits per heavy atom. The highest BCUT2D eigenvalue weighted by atomic mass is 19.2. The van der Waals surface area contributed by atoms with E-state index in [1.807, 2.05) is 0 Å². The summed E-state index contributed by atoms with van der Waals surface area (Å²) in [5.41, 5.74) is 19.7. The van der Waals surface area contributed by atoms with Crippen LogP contribution in [0.5, 0.6) is 0 Å². The minimum atomic E-state index is -2.01. The molecule has 0 amide bonds. The third-order valence-corrected chi connectivity index (χ3v) is 23.9. The zero-order valence-corrected chi connectivity index (χ0v) is 73.2. The second-order valence-corrected chi connectivity index (χ2v) is 32.1. The van der Waals surface area contributed by atoms with Gasteiger partial charge in [-0.25, -0.2) is 37.8 Å². The van der Waals surface area contributed by atoms with Gasteiger partial charge in [-0.15, -0.1) is 0 Å². The van der Waals surface area contributed by atoms with Crippen LogP contribution in [0.2, 0.25) is 0 Å². The molecule has 21 aromatic rings. The second-order valence-electron chi connectivity index (χ2n) is 32.1. The number of hydrogen-bond donors (Lipinski definition) is 0. The Morgan fingerprint density at radius 2 is 0.382 bits per heavy atom. The van der Waals surface area contributed by atoms with E-state index in [0.717, 1.165) is 115 Å². The summed E-state index contributed by atoms with van der Waals surface area (Å²) < 4.78 is 54.6. The van der Waals surface area contributed by atoms with Gasteiger partial charge in [0.25, 0.3) is 11.4 Å². The molecule has 21 aromatic carbocycles. The van der Waals surface area contributed by atoms with Gasteiger partial charge in [-0.1, -0.05) is 279 Å². The molecule has 0 saturated carbocycles. The Hall–Kier alpha value is -18.9. The quantitative estimate of drug-likeness (QED) is 0.0450. The van der Waals surface area contributed by atoms with Crippen molar-refractivity contribution in [2.75, 3.05) is 29.4 Å². The molecule has 0 aliphatic heterocycles. The summed E-state index contributed by atoms with van der Waals surface area (Å²) in [5, 5.41) is 26.2. The number of nitriles is 2. The standard InChI is InChI=1S/C66H48N4.C44H32N2.C12F4N4/c1-4-22-55(23-5-1)68(64-31-28-49-16-10-13-19-52(49)46-64)61-40-34-58(35-41-61)67(59-36-42-62(43-37-59)69(56-24-6-2-7-25-56)65-32-29-50-17-11-14-20-53(50)47-65)60-38-44-63(45-39-60)70(57-26-8-3-9-27-57)66-33-30-51-18-12-15-21-54(51)48-66;1-3-17-37(18-4-1)45(43-23-11-15-35-13-7-9-21-41(35)43)39-29-25-33(26-30-39)34-27-31-40(32-28-34)46(38-19-5-2-6-20-38)44-24-12-16-36-14-8-10-22-42(36)44;1-19-5(3-17)7-9(13)11(15)8(6(4-18)20-2)12(16)10(7)14/h1-48H;1-32H;. The Morgan fingerprint density at radius 3 is 0.640 bits per heavy atom. The van der Waals surface area contributed by atoms with E-state index in [9.17, 15) is 17.6 Å². The predicted octanol–water partition coefficient (Wildman–Crippen LogP) is 33.0. The van der Waals surface area contributed by atoms with Crippen LogP contribution < -0.4 is 39.8 Å². The zero-order valence-electron chi connectivity index (χ0n) is 73.2. The highest BCUT2D eigenvalue weighted by Crippen LogP contribution is 2.47. The summed E-state index contributed by atoms with van der Waals surface area (Å²) in [6.07, 6.45) is 0. The van der Waals surface area contributed by atoms with Crippen molar-refractivity contribution in [2.45, 2.75) is 0 Å². The average molecular weight is 1760 g/mol. The Bertz CT molecular complexity index is 7550. The number of para-hydroxylation sites is 5. The van der Waals surface area contributed by atoms with E-state index in [1.165, 1.54) is 65.0 Å². The minimum absolute atomic E-state index is 1.04. The predicted molar refractivity (Wildman–Crippen MR) is 551 cm³/mol. The van der Waals surface area contributed by atoms with Crippen LogP contribution in [-0.4, -0.2) is 0 Å². The highest BCUT2D eigenvalue weighted by molar-refractivity contribution is 6.02. The number of hydrogen-bond acceptors (Lipinski definition) is 8. The molecule has 0 spiro atoms. The molecule has 21 rings (SSSR count). The monoisotopic (exact) mass is 1760 g/mol. The first-order chi connectivity index (χ1) is 67.0. The molecule has 0 atom stereocenters. The fourth-order valence-corrected chi connectivity index (χ4v) is 17.5. The van der Waals surface area contributed by atoms with Gasteiger partial charge in [0.15, 0.2) is 23.3 Å². The van der Waals surface area contributed by atoms with Gasteiger partial charge < -0.3 is 29.4 Å². The Balaban J connectivity index is 0.000000153. The molecule has 0 radical (unpaired) electrons. The van der Waals surface area contributed by atoms with Crippen molar-refractivity contribution in [1.29, 1.82) is 10.5 Å². The zero-order chi connectivity index (χ0) is 92.8. The van der Waals surface area contributed by atoms with Crippen LogP contribution in [0.1, 0.15) is 0 Å². The van der Waals surface area contributed by atoms with Crippen molar-refractivity contribution >= 4 is 168 Å². The van der Waals surface area contributed by atoms with Gasteiger partial charge in [0.05, 0.1) is 47.1 Å². The smallest absolute Gasteiger partial charge is 0.275 e. The lowest BCUT2D eigenvalue weighted by Crippen LogP contribution is -2.30. The molecule has 0 N–H and O–H groups in total. The van der Waals surface area contributed by atoms with Crippen LogP contribution in [0.4, 0.5) is 120 Å². The molecule has 136 heavy (non-hydrogen) atoms. The molecular formula is C122H80F4N10. The summed E-state index contributed by atoms with van der Waals surface area (Å²) in [6.45, 7) is 13.0. The Labute approximate surface area is 785 Å². The molecule has 14 heteroatoms. The van der Waals surface area contributed by atoms with E-state index < -0.39 is 45.1 Å². The molecule has 0 aromatic heterocycles. The summed E-state index contributed by atoms with van der Waals surface area (Å²) in [4.78, 5) is 19.0. The maximum absolute atomic E-state index is 13.6. The SMILES string of the molecule is [C-]#[N+]C(C#N)=c1c(F)c(F)c(=C(C#N)[N+]#[C-])c(F)c1F.c1ccc(N(c2ccc(-c3ccc(N(c4ccccc4)c4cccc5ccccc45)cc3)cc2)c2cccc3ccccc23)cc1.c1ccc(N(c2ccc(N(c3ccc(N(c4ccccc4)c4ccc5ccccc5c4)cc3)c3ccc(N(c4ccccc4)c4ccc5ccccc5c4)cc3)cc2)c2ccc3ccccc3c2)cc1. The molecule has 646 valence electrons. The average Bonchev–Trinajstić information content (AvgIpc) is 0.794. The molecule has 0 bridgehead atoms. The number of rotatable bonds is 19. The normalized spacial score (nSPS) is 10.8. The van der Waals surface area contributed by atoms with Crippen molar-refractivity contribution in [3.05, 3.63) is 542 Å². The third kappa shape index (κ3) is 17.9. The van der Waals surface area contributed by atoms with Gasteiger partial charge in [-0.05, 0) is 260 Å². The third-order valence-electron chi connectivity index (χ3n) is 23.9. The number of anilines is 18. The fraction of sp³-hybridized carbons (Fsp3) is 0. The number of fused-ring (bicyclic) bond motifs is 5. The summed E-state index contributed by atoms with van der Waals surface area (Å²) in [7, 11) is 0. The van der Waals surface area contributed by atoms with E-state index >= 15 is 0 Å². The lowest BCUT2D eigenvalue weighted by atomic mass is 10.0. The van der Waals surface area contributed by atoms with Crippen LogP contribution in [-0.2, 0) is 0 Å². The minimum Gasteiger partial charge on any atom is -0.310 e. The fourth-order valence-electron chi connectivity index (χ4n) is 17.5. The van der Waals surface area contributed by atoms with Crippen molar-refractivity contribution in [3.8, 4) is 23.3 Å². The maximum atomic E-state index is 13.6. The first-order valence-corrected chi connectivity index (χ1v) is 44.1. The summed E-state index contributed by atoms with van der Waals surface area (Å²) >= 11 is 0. The van der Waals surface area contributed by atoms with Crippen molar-refractivity contribution in [1.82, 2.24) is 0 Å². The lowest BCUT2D eigenvalue weighted by Gasteiger charge is -2.30. The highest BCUT2D eigenvalue weighted by Gasteiger charge is 2.26. The summed E-state index contributed by atoms with van der Waals surface area (Å²) in [6, 6.07) is 176. The van der Waals surface area contributed by atoms with Crippen LogP contribution >= 0.6 is 0 Å². The molecule has 0 fully saturated rings. The van der Waals surface area contributed by atoms with Gasteiger partial charge in [-0.2, -0.15) is 0 Å². The van der Waals surface area contributed by atoms with Gasteiger partial charge in [0.1, 0.15) is 0 Å². The van der Waals surface area contributed by atoms with E-state index in [1.54, 1.807) is 0 Å². The molecule has 0 heterocycles. The molecule has 0 aliphatic rings. The van der Waals surface area contributed by atoms with Gasteiger partial charge >= 0.3 is 0 Å². The largest absolute Gasteiger partial charge is 0.310 e. The van der Waals surface area contributed by atoms with E-state index in [4.69, 9.17) is 23.7 Å². The maximum Gasteiger partial charge on any atom is 0.275 e. The van der Waals surface area contributed by atoms with E-state index in [-0.39, 0.29) is 0 Å². The molecule has 0 aliphatic carbocycles. The van der Waals surface area contributed by atoms with Crippen molar-refractivity contribution in [3.63, 3.8) is 0 Å². The molecule has 0 saturated heterocycles. The molecule has 0 unspecified atom stereocenters.